The number of rotatable bonds is 2. The summed E-state index contributed by atoms with van der Waals surface area (Å²) in [6, 6.07) is 0.680. The van der Waals surface area contributed by atoms with Crippen molar-refractivity contribution in [3.63, 3.8) is 0 Å². The lowest BCUT2D eigenvalue weighted by Crippen LogP contribution is -2.45. The number of hydrogen-bond donors (Lipinski definition) is 0. The van der Waals surface area contributed by atoms with Gasteiger partial charge < -0.3 is 4.90 Å². The lowest BCUT2D eigenvalue weighted by Gasteiger charge is -2.33. The zero-order valence-electron chi connectivity index (χ0n) is 14.6. The molecule has 6 heteroatoms. The first kappa shape index (κ1) is 15.9. The smallest absolute Gasteiger partial charge is 0.335 e. The molecule has 1 aromatic heterocycles. The lowest BCUT2D eigenvalue weighted by atomic mass is 9.85. The Morgan fingerprint density at radius 1 is 1.17 bits per heavy atom. The number of carbonyl (C=O) groups is 1. The van der Waals surface area contributed by atoms with Crippen molar-refractivity contribution >= 4 is 5.91 Å². The minimum Gasteiger partial charge on any atom is -0.335 e. The first-order chi connectivity index (χ1) is 11.6. The van der Waals surface area contributed by atoms with E-state index in [1.807, 2.05) is 0 Å². The standard InChI is InChI=1S/C18H28N4O2/c1-13-11-14-7-4-5-8-15(14)22(13)17(23)12-21-18(24)20-10-6-2-3-9-16(20)19-21/h13-15H,2-12H2,1H3/t13-,14+,15+/m1/s1. The van der Waals surface area contributed by atoms with E-state index in [0.717, 1.165) is 50.9 Å². The molecule has 3 aliphatic rings. The van der Waals surface area contributed by atoms with E-state index >= 15 is 0 Å². The molecule has 3 atom stereocenters. The van der Waals surface area contributed by atoms with Crippen molar-refractivity contribution in [2.75, 3.05) is 0 Å². The summed E-state index contributed by atoms with van der Waals surface area (Å²) in [5.41, 5.74) is -0.104. The highest BCUT2D eigenvalue weighted by Gasteiger charge is 2.42. The minimum atomic E-state index is -0.104. The fourth-order valence-electron chi connectivity index (χ4n) is 5.08. The van der Waals surface area contributed by atoms with Crippen LogP contribution in [0.25, 0.3) is 0 Å². The van der Waals surface area contributed by atoms with Crippen LogP contribution < -0.4 is 5.69 Å². The number of amides is 1. The molecule has 0 aromatic carbocycles. The molecule has 132 valence electrons. The largest absolute Gasteiger partial charge is 0.346 e. The SMILES string of the molecule is C[C@@H]1C[C@@H]2CCCC[C@@H]2N1C(=O)Cn1nc2n(c1=O)CCCCC2. The Hall–Kier alpha value is -1.59. The van der Waals surface area contributed by atoms with E-state index < -0.39 is 0 Å². The van der Waals surface area contributed by atoms with Gasteiger partial charge in [-0.2, -0.15) is 5.10 Å². The summed E-state index contributed by atoms with van der Waals surface area (Å²) in [5.74, 6) is 1.59. The molecule has 0 unspecified atom stereocenters. The van der Waals surface area contributed by atoms with Crippen molar-refractivity contribution in [2.45, 2.75) is 89.9 Å². The monoisotopic (exact) mass is 332 g/mol. The summed E-state index contributed by atoms with van der Waals surface area (Å²) < 4.78 is 3.18. The normalized spacial score (nSPS) is 29.9. The second-order valence-electron chi connectivity index (χ2n) is 7.82. The first-order valence-corrected chi connectivity index (χ1v) is 9.63. The number of hydrogen-bond acceptors (Lipinski definition) is 3. The van der Waals surface area contributed by atoms with Crippen LogP contribution in [0.3, 0.4) is 0 Å². The van der Waals surface area contributed by atoms with Gasteiger partial charge in [0.15, 0.2) is 0 Å². The van der Waals surface area contributed by atoms with Gasteiger partial charge in [0.05, 0.1) is 0 Å². The molecule has 1 aromatic rings. The van der Waals surface area contributed by atoms with Crippen LogP contribution >= 0.6 is 0 Å². The fraction of sp³-hybridized carbons (Fsp3) is 0.833. The summed E-state index contributed by atoms with van der Waals surface area (Å²) >= 11 is 0. The second kappa shape index (κ2) is 6.37. The van der Waals surface area contributed by atoms with Crippen LogP contribution in [0.15, 0.2) is 4.79 Å². The van der Waals surface area contributed by atoms with Gasteiger partial charge in [0, 0.05) is 25.0 Å². The van der Waals surface area contributed by atoms with Crippen molar-refractivity contribution < 1.29 is 4.79 Å². The zero-order valence-corrected chi connectivity index (χ0v) is 14.6. The van der Waals surface area contributed by atoms with Crippen LogP contribution in [-0.2, 0) is 24.3 Å². The highest BCUT2D eigenvalue weighted by atomic mass is 16.2. The Morgan fingerprint density at radius 3 is 2.88 bits per heavy atom. The summed E-state index contributed by atoms with van der Waals surface area (Å²) in [6.45, 7) is 3.00. The molecule has 3 heterocycles. The van der Waals surface area contributed by atoms with Gasteiger partial charge in [-0.25, -0.2) is 9.48 Å². The van der Waals surface area contributed by atoms with Crippen molar-refractivity contribution in [2.24, 2.45) is 5.92 Å². The third-order valence-electron chi connectivity index (χ3n) is 6.20. The molecule has 4 rings (SSSR count). The van der Waals surface area contributed by atoms with Crippen LogP contribution in [0.1, 0.15) is 64.1 Å². The Morgan fingerprint density at radius 2 is 2.00 bits per heavy atom. The number of likely N-dealkylation sites (tertiary alicyclic amines) is 1. The molecule has 1 saturated carbocycles. The summed E-state index contributed by atoms with van der Waals surface area (Å²) in [5, 5.41) is 4.47. The number of aromatic nitrogens is 3. The number of fused-ring (bicyclic) bond motifs is 2. The van der Waals surface area contributed by atoms with Gasteiger partial charge >= 0.3 is 5.69 Å². The van der Waals surface area contributed by atoms with Crippen LogP contribution in [0.5, 0.6) is 0 Å². The number of carbonyl (C=O) groups excluding carboxylic acids is 1. The van der Waals surface area contributed by atoms with Crippen molar-refractivity contribution in [3.05, 3.63) is 16.3 Å². The molecular formula is C18H28N4O2. The van der Waals surface area contributed by atoms with Gasteiger partial charge in [0.1, 0.15) is 12.4 Å². The van der Waals surface area contributed by atoms with Gasteiger partial charge in [-0.3, -0.25) is 9.36 Å². The predicted octanol–water partition coefficient (Wildman–Crippen LogP) is 1.95. The average molecular weight is 332 g/mol. The molecule has 0 radical (unpaired) electrons. The predicted molar refractivity (Wildman–Crippen MR) is 90.7 cm³/mol. The van der Waals surface area contributed by atoms with Crippen LogP contribution in [0.2, 0.25) is 0 Å². The van der Waals surface area contributed by atoms with Crippen LogP contribution in [0.4, 0.5) is 0 Å². The van der Waals surface area contributed by atoms with Crippen molar-refractivity contribution in [1.29, 1.82) is 0 Å². The molecule has 6 nitrogen and oxygen atoms in total. The van der Waals surface area contributed by atoms with Gasteiger partial charge in [0.2, 0.25) is 5.91 Å². The van der Waals surface area contributed by atoms with E-state index in [4.69, 9.17) is 0 Å². The van der Waals surface area contributed by atoms with Gasteiger partial charge in [-0.15, -0.1) is 0 Å². The maximum absolute atomic E-state index is 12.9. The maximum Gasteiger partial charge on any atom is 0.346 e. The highest BCUT2D eigenvalue weighted by molar-refractivity contribution is 5.77. The minimum absolute atomic E-state index is 0.0762. The van der Waals surface area contributed by atoms with Crippen LogP contribution in [0, 0.1) is 5.92 Å². The molecule has 0 N–H and O–H groups in total. The molecule has 0 bridgehead atoms. The average Bonchev–Trinajstić information content (AvgIpc) is 2.93. The van der Waals surface area contributed by atoms with E-state index in [9.17, 15) is 9.59 Å². The van der Waals surface area contributed by atoms with Crippen LogP contribution in [-0.4, -0.2) is 37.2 Å². The summed E-state index contributed by atoms with van der Waals surface area (Å²) in [6.07, 6.45) is 10.1. The molecule has 24 heavy (non-hydrogen) atoms. The number of aryl methyl sites for hydroxylation is 1. The van der Waals surface area contributed by atoms with Crippen molar-refractivity contribution in [3.8, 4) is 0 Å². The van der Waals surface area contributed by atoms with Gasteiger partial charge in [-0.05, 0) is 44.9 Å². The zero-order chi connectivity index (χ0) is 16.7. The van der Waals surface area contributed by atoms with E-state index in [1.165, 1.54) is 23.9 Å². The molecule has 1 aliphatic carbocycles. The van der Waals surface area contributed by atoms with Gasteiger partial charge in [0.25, 0.3) is 0 Å². The highest BCUT2D eigenvalue weighted by Crippen LogP contribution is 2.39. The summed E-state index contributed by atoms with van der Waals surface area (Å²) in [7, 11) is 0. The molecule has 0 spiro atoms. The summed E-state index contributed by atoms with van der Waals surface area (Å²) in [4.78, 5) is 27.6. The maximum atomic E-state index is 12.9. The second-order valence-corrected chi connectivity index (χ2v) is 7.82. The lowest BCUT2D eigenvalue weighted by molar-refractivity contribution is -0.135. The van der Waals surface area contributed by atoms with E-state index in [1.54, 1.807) is 4.57 Å². The Kier molecular flexibility index (Phi) is 4.22. The fourth-order valence-corrected chi connectivity index (χ4v) is 5.08. The Labute approximate surface area is 142 Å². The molecule has 1 amide bonds. The number of nitrogens with zero attached hydrogens (tertiary/aromatic N) is 4. The third kappa shape index (κ3) is 2.70. The topological polar surface area (TPSA) is 60.1 Å². The van der Waals surface area contributed by atoms with Gasteiger partial charge in [-0.1, -0.05) is 19.3 Å². The molecule has 2 aliphatic heterocycles. The Balaban J connectivity index is 1.53. The molecular weight excluding hydrogens is 304 g/mol. The van der Waals surface area contributed by atoms with E-state index in [-0.39, 0.29) is 18.1 Å². The van der Waals surface area contributed by atoms with Crippen molar-refractivity contribution in [1.82, 2.24) is 19.2 Å². The van der Waals surface area contributed by atoms with E-state index in [0.29, 0.717) is 18.0 Å². The van der Waals surface area contributed by atoms with E-state index in [2.05, 4.69) is 16.9 Å². The first-order valence-electron chi connectivity index (χ1n) is 9.63. The third-order valence-corrected chi connectivity index (χ3v) is 6.20. The molecule has 2 fully saturated rings. The molecule has 1 saturated heterocycles. The quantitative estimate of drug-likeness (QED) is 0.832. The Bertz CT molecular complexity index is 677.